The molecule has 0 saturated carbocycles. The molecule has 0 bridgehead atoms. The zero-order valence-corrected chi connectivity index (χ0v) is 16.8. The number of hydrogen-bond donors (Lipinski definition) is 2. The normalized spacial score (nSPS) is 11.5. The number of hydrogen-bond acceptors (Lipinski definition) is 2. The third kappa shape index (κ3) is 7.45. The van der Waals surface area contributed by atoms with E-state index in [1.54, 1.807) is 0 Å². The van der Waals surface area contributed by atoms with Crippen molar-refractivity contribution >= 4 is 29.9 Å². The van der Waals surface area contributed by atoms with Crippen LogP contribution in [0, 0.1) is 6.92 Å². The second kappa shape index (κ2) is 11.7. The van der Waals surface area contributed by atoms with Crippen LogP contribution >= 0.6 is 24.0 Å². The Kier molecular flexibility index (Phi) is 11.3. The van der Waals surface area contributed by atoms with Crippen molar-refractivity contribution in [1.82, 2.24) is 15.5 Å². The van der Waals surface area contributed by atoms with Crippen LogP contribution in [0.5, 0.6) is 0 Å². The van der Waals surface area contributed by atoms with E-state index >= 15 is 0 Å². The van der Waals surface area contributed by atoms with E-state index in [-0.39, 0.29) is 24.0 Å². The van der Waals surface area contributed by atoms with Gasteiger partial charge in [0.25, 0.3) is 0 Å². The molecule has 5 heteroatoms. The van der Waals surface area contributed by atoms with Gasteiger partial charge in [0.2, 0.25) is 0 Å². The molecule has 0 aliphatic rings. The minimum atomic E-state index is 0. The van der Waals surface area contributed by atoms with Gasteiger partial charge in [-0.25, -0.2) is 0 Å². The number of nitrogens with one attached hydrogen (secondary N) is 2. The smallest absolute Gasteiger partial charge is 0.191 e. The lowest BCUT2D eigenvalue weighted by Crippen LogP contribution is -2.42. The first-order valence-corrected chi connectivity index (χ1v) is 7.81. The molecule has 0 aromatic heterocycles. The number of likely N-dealkylation sites (N-methyl/N-ethyl adjacent to an activating group) is 1. The molecule has 0 unspecified atom stereocenters. The molecule has 2 N–H and O–H groups in total. The standard InChI is InChI=1S/C17H30N4.HI/c1-6-21(14(2)3)12-11-19-17(18-5)20-13-16-10-8-7-9-15(16)4;/h7-10,14H,6,11-13H2,1-5H3,(H2,18,19,20);1H. The summed E-state index contributed by atoms with van der Waals surface area (Å²) < 4.78 is 0. The highest BCUT2D eigenvalue weighted by Crippen LogP contribution is 2.05. The Morgan fingerprint density at radius 3 is 2.45 bits per heavy atom. The summed E-state index contributed by atoms with van der Waals surface area (Å²) in [6.45, 7) is 12.6. The van der Waals surface area contributed by atoms with Crippen molar-refractivity contribution in [2.24, 2.45) is 4.99 Å². The lowest BCUT2D eigenvalue weighted by molar-refractivity contribution is 0.237. The summed E-state index contributed by atoms with van der Waals surface area (Å²) in [4.78, 5) is 6.71. The van der Waals surface area contributed by atoms with Crippen LogP contribution in [0.4, 0.5) is 0 Å². The monoisotopic (exact) mass is 418 g/mol. The third-order valence-corrected chi connectivity index (χ3v) is 3.76. The molecule has 0 atom stereocenters. The van der Waals surface area contributed by atoms with Crippen LogP contribution in [0.15, 0.2) is 29.3 Å². The van der Waals surface area contributed by atoms with E-state index in [1.165, 1.54) is 11.1 Å². The molecular weight excluding hydrogens is 387 g/mol. The number of aryl methyl sites for hydroxylation is 1. The summed E-state index contributed by atoms with van der Waals surface area (Å²) in [6.07, 6.45) is 0. The van der Waals surface area contributed by atoms with Gasteiger partial charge in [-0.15, -0.1) is 24.0 Å². The van der Waals surface area contributed by atoms with Crippen molar-refractivity contribution in [2.45, 2.75) is 40.3 Å². The second-order valence-corrected chi connectivity index (χ2v) is 5.50. The Morgan fingerprint density at radius 1 is 1.23 bits per heavy atom. The maximum atomic E-state index is 4.28. The first-order chi connectivity index (χ1) is 10.1. The molecule has 0 fully saturated rings. The Morgan fingerprint density at radius 2 is 1.91 bits per heavy atom. The Labute approximate surface area is 152 Å². The van der Waals surface area contributed by atoms with Crippen LogP contribution in [-0.2, 0) is 6.54 Å². The highest BCUT2D eigenvalue weighted by Gasteiger charge is 2.06. The minimum Gasteiger partial charge on any atom is -0.355 e. The van der Waals surface area contributed by atoms with Gasteiger partial charge in [0, 0.05) is 32.7 Å². The number of rotatable bonds is 7. The molecule has 1 rings (SSSR count). The van der Waals surface area contributed by atoms with Gasteiger partial charge in [-0.3, -0.25) is 9.89 Å². The van der Waals surface area contributed by atoms with E-state index < -0.39 is 0 Å². The predicted molar refractivity (Wildman–Crippen MR) is 107 cm³/mol. The molecule has 4 nitrogen and oxygen atoms in total. The van der Waals surface area contributed by atoms with Crippen LogP contribution in [0.1, 0.15) is 31.9 Å². The SMILES string of the molecule is CCN(CCNC(=NC)NCc1ccccc1C)C(C)C.I. The molecular formula is C17H31IN4. The molecule has 0 spiro atoms. The van der Waals surface area contributed by atoms with E-state index in [4.69, 9.17) is 0 Å². The molecule has 1 aromatic carbocycles. The van der Waals surface area contributed by atoms with Crippen LogP contribution in [-0.4, -0.2) is 43.6 Å². The first kappa shape index (κ1) is 21.2. The van der Waals surface area contributed by atoms with E-state index in [0.29, 0.717) is 6.04 Å². The maximum absolute atomic E-state index is 4.28. The largest absolute Gasteiger partial charge is 0.355 e. The Balaban J connectivity index is 0.00000441. The fourth-order valence-corrected chi connectivity index (χ4v) is 2.31. The van der Waals surface area contributed by atoms with Crippen molar-refractivity contribution in [3.05, 3.63) is 35.4 Å². The number of aliphatic imine (C=N–C) groups is 1. The number of benzene rings is 1. The Bertz CT molecular complexity index is 446. The van der Waals surface area contributed by atoms with Gasteiger partial charge in [-0.1, -0.05) is 31.2 Å². The highest BCUT2D eigenvalue weighted by atomic mass is 127. The van der Waals surface area contributed by atoms with Crippen molar-refractivity contribution in [3.8, 4) is 0 Å². The van der Waals surface area contributed by atoms with Crippen LogP contribution < -0.4 is 10.6 Å². The summed E-state index contributed by atoms with van der Waals surface area (Å²) in [5.41, 5.74) is 2.61. The fraction of sp³-hybridized carbons (Fsp3) is 0.588. The van der Waals surface area contributed by atoms with Crippen molar-refractivity contribution in [1.29, 1.82) is 0 Å². The topological polar surface area (TPSA) is 39.7 Å². The summed E-state index contributed by atoms with van der Waals surface area (Å²) in [7, 11) is 1.81. The van der Waals surface area contributed by atoms with E-state index in [2.05, 4.69) is 72.5 Å². The van der Waals surface area contributed by atoms with Gasteiger partial charge in [0.05, 0.1) is 0 Å². The quantitative estimate of drug-likeness (QED) is 0.406. The summed E-state index contributed by atoms with van der Waals surface area (Å²) in [6, 6.07) is 9.00. The summed E-state index contributed by atoms with van der Waals surface area (Å²) >= 11 is 0. The number of guanidine groups is 1. The van der Waals surface area contributed by atoms with Crippen LogP contribution in [0.25, 0.3) is 0 Å². The van der Waals surface area contributed by atoms with Gasteiger partial charge < -0.3 is 10.6 Å². The molecule has 0 aliphatic heterocycles. The van der Waals surface area contributed by atoms with Crippen molar-refractivity contribution in [2.75, 3.05) is 26.7 Å². The molecule has 0 heterocycles. The number of halogens is 1. The van der Waals surface area contributed by atoms with Gasteiger partial charge in [0.15, 0.2) is 5.96 Å². The molecule has 0 amide bonds. The van der Waals surface area contributed by atoms with Crippen LogP contribution in [0.2, 0.25) is 0 Å². The number of nitrogens with zero attached hydrogens (tertiary/aromatic N) is 2. The van der Waals surface area contributed by atoms with Crippen LogP contribution in [0.3, 0.4) is 0 Å². The summed E-state index contributed by atoms with van der Waals surface area (Å²) in [5.74, 6) is 0.859. The van der Waals surface area contributed by atoms with Crippen molar-refractivity contribution < 1.29 is 0 Å². The summed E-state index contributed by atoms with van der Waals surface area (Å²) in [5, 5.41) is 6.74. The molecule has 0 aliphatic carbocycles. The lowest BCUT2D eigenvalue weighted by atomic mass is 10.1. The maximum Gasteiger partial charge on any atom is 0.191 e. The van der Waals surface area contributed by atoms with E-state index in [1.807, 2.05) is 7.05 Å². The molecule has 22 heavy (non-hydrogen) atoms. The van der Waals surface area contributed by atoms with Gasteiger partial charge in [-0.05, 0) is 38.4 Å². The first-order valence-electron chi connectivity index (χ1n) is 7.81. The molecule has 126 valence electrons. The average molecular weight is 418 g/mol. The zero-order chi connectivity index (χ0) is 15.7. The molecule has 1 aromatic rings. The highest BCUT2D eigenvalue weighted by molar-refractivity contribution is 14.0. The zero-order valence-electron chi connectivity index (χ0n) is 14.5. The third-order valence-electron chi connectivity index (χ3n) is 3.76. The lowest BCUT2D eigenvalue weighted by Gasteiger charge is -2.25. The van der Waals surface area contributed by atoms with E-state index in [9.17, 15) is 0 Å². The molecule has 0 saturated heterocycles. The Hall–Kier alpha value is -0.820. The predicted octanol–water partition coefficient (Wildman–Crippen LogP) is 3.01. The van der Waals surface area contributed by atoms with Gasteiger partial charge >= 0.3 is 0 Å². The van der Waals surface area contributed by atoms with E-state index in [0.717, 1.165) is 32.1 Å². The fourth-order valence-electron chi connectivity index (χ4n) is 2.31. The van der Waals surface area contributed by atoms with Gasteiger partial charge in [0.1, 0.15) is 0 Å². The van der Waals surface area contributed by atoms with Crippen molar-refractivity contribution in [3.63, 3.8) is 0 Å². The van der Waals surface area contributed by atoms with Gasteiger partial charge in [-0.2, -0.15) is 0 Å². The average Bonchev–Trinajstić information content (AvgIpc) is 2.47. The second-order valence-electron chi connectivity index (χ2n) is 5.50. The molecule has 0 radical (unpaired) electrons. The minimum absolute atomic E-state index is 0.